The van der Waals surface area contributed by atoms with E-state index in [1.807, 2.05) is 29.9 Å². The van der Waals surface area contributed by atoms with Crippen molar-refractivity contribution in [3.8, 4) is 0 Å². The lowest BCUT2D eigenvalue weighted by atomic mass is 10.1. The minimum atomic E-state index is -0.155. The average Bonchev–Trinajstić information content (AvgIpc) is 3.32. The molecule has 0 radical (unpaired) electrons. The quantitative estimate of drug-likeness (QED) is 0.597. The first-order valence-corrected chi connectivity index (χ1v) is 10.4. The van der Waals surface area contributed by atoms with Crippen LogP contribution in [0.4, 0.5) is 11.6 Å². The van der Waals surface area contributed by atoms with Gasteiger partial charge in [-0.25, -0.2) is 14.6 Å². The van der Waals surface area contributed by atoms with Gasteiger partial charge in [0, 0.05) is 31.4 Å². The summed E-state index contributed by atoms with van der Waals surface area (Å²) in [5.41, 5.74) is 1.61. The summed E-state index contributed by atoms with van der Waals surface area (Å²) in [4.78, 5) is 26.7. The van der Waals surface area contributed by atoms with Crippen LogP contribution in [-0.2, 0) is 10.3 Å². The summed E-state index contributed by atoms with van der Waals surface area (Å²) < 4.78 is 1.93. The van der Waals surface area contributed by atoms with E-state index in [4.69, 9.17) is 0 Å². The van der Waals surface area contributed by atoms with E-state index in [-0.39, 0.29) is 24.0 Å². The molecule has 1 atom stereocenters. The molecular formula is C21H30N8O. The molecule has 9 heteroatoms. The second-order valence-electron chi connectivity index (χ2n) is 8.90. The SMILES string of the molecule is Cc1cc(NCC(=O)NC2CCCN(c3ncnc4[nH]ccc34)C2)n(C(C)(C)C)n1. The number of fused-ring (bicyclic) bond motifs is 1. The van der Waals surface area contributed by atoms with E-state index in [1.165, 1.54) is 0 Å². The fourth-order valence-corrected chi connectivity index (χ4v) is 3.98. The Balaban J connectivity index is 1.37. The van der Waals surface area contributed by atoms with E-state index in [0.717, 1.165) is 54.3 Å². The first-order valence-electron chi connectivity index (χ1n) is 10.4. The summed E-state index contributed by atoms with van der Waals surface area (Å²) in [7, 11) is 0. The molecule has 1 fully saturated rings. The molecule has 3 N–H and O–H groups in total. The number of carbonyl (C=O) groups is 1. The van der Waals surface area contributed by atoms with Gasteiger partial charge in [-0.15, -0.1) is 0 Å². The van der Waals surface area contributed by atoms with Gasteiger partial charge in [-0.1, -0.05) is 0 Å². The third-order valence-electron chi connectivity index (χ3n) is 5.32. The second kappa shape index (κ2) is 7.97. The van der Waals surface area contributed by atoms with Crippen LogP contribution in [0.5, 0.6) is 0 Å². The number of aromatic amines is 1. The molecule has 1 aliphatic rings. The summed E-state index contributed by atoms with van der Waals surface area (Å²) in [5.74, 6) is 1.76. The average molecular weight is 411 g/mol. The van der Waals surface area contributed by atoms with E-state index in [1.54, 1.807) is 6.33 Å². The van der Waals surface area contributed by atoms with Crippen molar-refractivity contribution in [2.45, 2.75) is 52.1 Å². The van der Waals surface area contributed by atoms with Gasteiger partial charge in [-0.3, -0.25) is 4.79 Å². The standard InChI is InChI=1S/C21H30N8O/c1-14-10-17(29(27-14)21(2,3)4)23-11-18(30)26-15-6-5-9-28(12-15)20-16-7-8-22-19(16)24-13-25-20/h7-8,10,13,15,23H,5-6,9,11-12H2,1-4H3,(H,26,30)(H,22,24,25). The van der Waals surface area contributed by atoms with Crippen LogP contribution in [0.1, 0.15) is 39.3 Å². The number of nitrogens with zero attached hydrogens (tertiary/aromatic N) is 5. The molecule has 160 valence electrons. The zero-order valence-electron chi connectivity index (χ0n) is 18.1. The highest BCUT2D eigenvalue weighted by Crippen LogP contribution is 2.25. The monoisotopic (exact) mass is 410 g/mol. The van der Waals surface area contributed by atoms with Gasteiger partial charge in [0.15, 0.2) is 0 Å². The Labute approximate surface area is 176 Å². The highest BCUT2D eigenvalue weighted by molar-refractivity contribution is 5.87. The molecule has 1 saturated heterocycles. The lowest BCUT2D eigenvalue weighted by Crippen LogP contribution is -2.49. The van der Waals surface area contributed by atoms with Gasteiger partial charge in [0.05, 0.1) is 23.2 Å². The molecule has 4 rings (SSSR count). The number of carbonyl (C=O) groups excluding carboxylic acids is 1. The van der Waals surface area contributed by atoms with Crippen LogP contribution in [0.25, 0.3) is 11.0 Å². The normalized spacial score (nSPS) is 17.3. The lowest BCUT2D eigenvalue weighted by molar-refractivity contribution is -0.120. The zero-order valence-corrected chi connectivity index (χ0v) is 18.1. The highest BCUT2D eigenvalue weighted by Gasteiger charge is 2.24. The Hall–Kier alpha value is -3.10. The Morgan fingerprint density at radius 2 is 2.17 bits per heavy atom. The maximum absolute atomic E-state index is 12.6. The van der Waals surface area contributed by atoms with E-state index < -0.39 is 0 Å². The van der Waals surface area contributed by atoms with Crippen molar-refractivity contribution in [3.63, 3.8) is 0 Å². The summed E-state index contributed by atoms with van der Waals surface area (Å²) in [6.07, 6.45) is 5.43. The Bertz CT molecular complexity index is 1030. The van der Waals surface area contributed by atoms with Crippen LogP contribution in [0.15, 0.2) is 24.7 Å². The predicted molar refractivity (Wildman–Crippen MR) is 118 cm³/mol. The van der Waals surface area contributed by atoms with E-state index >= 15 is 0 Å². The molecular weight excluding hydrogens is 380 g/mol. The zero-order chi connectivity index (χ0) is 21.3. The molecule has 30 heavy (non-hydrogen) atoms. The molecule has 0 bridgehead atoms. The number of H-pyrrole nitrogens is 1. The fourth-order valence-electron chi connectivity index (χ4n) is 3.98. The third kappa shape index (κ3) is 4.24. The summed E-state index contributed by atoms with van der Waals surface area (Å²) >= 11 is 0. The van der Waals surface area contributed by atoms with Crippen LogP contribution in [-0.4, -0.2) is 56.3 Å². The third-order valence-corrected chi connectivity index (χ3v) is 5.32. The Morgan fingerprint density at radius 3 is 2.97 bits per heavy atom. The maximum Gasteiger partial charge on any atom is 0.239 e. The molecule has 0 saturated carbocycles. The molecule has 1 amide bonds. The minimum absolute atomic E-state index is 0.0179. The summed E-state index contributed by atoms with van der Waals surface area (Å²) in [6, 6.07) is 4.06. The molecule has 1 unspecified atom stereocenters. The smallest absolute Gasteiger partial charge is 0.239 e. The number of rotatable bonds is 5. The molecule has 4 heterocycles. The molecule has 0 spiro atoms. The molecule has 9 nitrogen and oxygen atoms in total. The van der Waals surface area contributed by atoms with E-state index in [0.29, 0.717) is 0 Å². The Kier molecular flexibility index (Phi) is 5.36. The van der Waals surface area contributed by atoms with Gasteiger partial charge in [0.25, 0.3) is 0 Å². The number of piperidine rings is 1. The van der Waals surface area contributed by atoms with Crippen molar-refractivity contribution >= 4 is 28.6 Å². The minimum Gasteiger partial charge on any atom is -0.361 e. The number of anilines is 2. The predicted octanol–water partition coefficient (Wildman–Crippen LogP) is 2.41. The number of hydrogen-bond acceptors (Lipinski definition) is 6. The van der Waals surface area contributed by atoms with Gasteiger partial charge in [0.1, 0.15) is 23.6 Å². The topological polar surface area (TPSA) is 104 Å². The van der Waals surface area contributed by atoms with Crippen LogP contribution in [0.3, 0.4) is 0 Å². The van der Waals surface area contributed by atoms with Crippen molar-refractivity contribution in [1.82, 2.24) is 30.0 Å². The first kappa shape index (κ1) is 20.2. The van der Waals surface area contributed by atoms with Crippen LogP contribution in [0, 0.1) is 6.92 Å². The van der Waals surface area contributed by atoms with Crippen molar-refractivity contribution in [1.29, 1.82) is 0 Å². The molecule has 0 aliphatic carbocycles. The van der Waals surface area contributed by atoms with Gasteiger partial charge in [-0.05, 0) is 46.6 Å². The van der Waals surface area contributed by atoms with Crippen LogP contribution in [0.2, 0.25) is 0 Å². The van der Waals surface area contributed by atoms with Crippen LogP contribution < -0.4 is 15.5 Å². The van der Waals surface area contributed by atoms with Gasteiger partial charge < -0.3 is 20.5 Å². The number of amides is 1. The van der Waals surface area contributed by atoms with Gasteiger partial charge in [-0.2, -0.15) is 5.10 Å². The number of aromatic nitrogens is 5. The number of nitrogens with one attached hydrogen (secondary N) is 3. The lowest BCUT2D eigenvalue weighted by Gasteiger charge is -2.34. The van der Waals surface area contributed by atoms with Crippen molar-refractivity contribution in [2.75, 3.05) is 29.9 Å². The van der Waals surface area contributed by atoms with Crippen molar-refractivity contribution < 1.29 is 4.79 Å². The largest absolute Gasteiger partial charge is 0.361 e. The second-order valence-corrected chi connectivity index (χ2v) is 8.90. The first-order chi connectivity index (χ1) is 14.3. The van der Waals surface area contributed by atoms with Crippen molar-refractivity contribution in [2.24, 2.45) is 0 Å². The molecule has 3 aromatic rings. The number of hydrogen-bond donors (Lipinski definition) is 3. The summed E-state index contributed by atoms with van der Waals surface area (Å²) in [5, 5.41) is 12.0. The van der Waals surface area contributed by atoms with E-state index in [2.05, 4.69) is 56.4 Å². The van der Waals surface area contributed by atoms with Gasteiger partial charge >= 0.3 is 0 Å². The highest BCUT2D eigenvalue weighted by atomic mass is 16.2. The molecule has 0 aromatic carbocycles. The van der Waals surface area contributed by atoms with E-state index in [9.17, 15) is 4.79 Å². The molecule has 3 aromatic heterocycles. The van der Waals surface area contributed by atoms with Crippen LogP contribution >= 0.6 is 0 Å². The maximum atomic E-state index is 12.6. The number of aryl methyl sites for hydroxylation is 1. The Morgan fingerprint density at radius 1 is 1.33 bits per heavy atom. The summed E-state index contributed by atoms with van der Waals surface area (Å²) in [6.45, 7) is 10.1. The van der Waals surface area contributed by atoms with Crippen molar-refractivity contribution in [3.05, 3.63) is 30.4 Å². The molecule has 1 aliphatic heterocycles. The fraction of sp³-hybridized carbons (Fsp3) is 0.524. The van der Waals surface area contributed by atoms with Gasteiger partial charge in [0.2, 0.25) is 5.91 Å².